The first-order valence-electron chi connectivity index (χ1n) is 7.88. The molecular formula is C15H28N2O2. The van der Waals surface area contributed by atoms with Crippen molar-refractivity contribution in [3.05, 3.63) is 0 Å². The zero-order valence-electron chi connectivity index (χ0n) is 12.4. The highest BCUT2D eigenvalue weighted by molar-refractivity contribution is 5.81. The number of amides is 1. The lowest BCUT2D eigenvalue weighted by molar-refractivity contribution is -0.143. The second kappa shape index (κ2) is 7.25. The topological polar surface area (TPSA) is 41.6 Å². The van der Waals surface area contributed by atoms with E-state index in [2.05, 4.69) is 19.2 Å². The molecule has 2 rings (SSSR count). The second-order valence-electron chi connectivity index (χ2n) is 5.94. The van der Waals surface area contributed by atoms with Crippen molar-refractivity contribution in [1.82, 2.24) is 10.2 Å². The van der Waals surface area contributed by atoms with Crippen LogP contribution >= 0.6 is 0 Å². The Morgan fingerprint density at radius 3 is 2.74 bits per heavy atom. The maximum atomic E-state index is 12.5. The second-order valence-corrected chi connectivity index (χ2v) is 5.94. The van der Waals surface area contributed by atoms with Gasteiger partial charge in [0.15, 0.2) is 0 Å². The van der Waals surface area contributed by atoms with Crippen molar-refractivity contribution in [1.29, 1.82) is 0 Å². The van der Waals surface area contributed by atoms with E-state index in [0.29, 0.717) is 6.04 Å². The predicted octanol–water partition coefficient (Wildman–Crippen LogP) is 1.93. The van der Waals surface area contributed by atoms with Crippen LogP contribution in [-0.4, -0.2) is 48.7 Å². The number of carbonyl (C=O) groups excluding carboxylic acids is 1. The molecule has 3 unspecified atom stereocenters. The number of ether oxygens (including phenoxy) is 1. The summed E-state index contributed by atoms with van der Waals surface area (Å²) in [4.78, 5) is 14.5. The Kier molecular flexibility index (Phi) is 5.64. The Balaban J connectivity index is 1.88. The van der Waals surface area contributed by atoms with Gasteiger partial charge < -0.3 is 15.0 Å². The Morgan fingerprint density at radius 1 is 1.32 bits per heavy atom. The Morgan fingerprint density at radius 2 is 2.16 bits per heavy atom. The van der Waals surface area contributed by atoms with Gasteiger partial charge in [0.25, 0.3) is 5.91 Å². The van der Waals surface area contributed by atoms with E-state index in [1.165, 1.54) is 19.3 Å². The number of carbonyl (C=O) groups is 1. The highest BCUT2D eigenvalue weighted by Crippen LogP contribution is 2.21. The van der Waals surface area contributed by atoms with Gasteiger partial charge in [0.1, 0.15) is 6.10 Å². The van der Waals surface area contributed by atoms with Gasteiger partial charge in [-0.2, -0.15) is 0 Å². The van der Waals surface area contributed by atoms with Crippen molar-refractivity contribution in [2.24, 2.45) is 0 Å². The maximum absolute atomic E-state index is 12.5. The minimum atomic E-state index is -0.190. The fraction of sp³-hybridized carbons (Fsp3) is 0.933. The minimum absolute atomic E-state index is 0.190. The van der Waals surface area contributed by atoms with Gasteiger partial charge in [-0.1, -0.05) is 13.3 Å². The Labute approximate surface area is 116 Å². The summed E-state index contributed by atoms with van der Waals surface area (Å²) >= 11 is 0. The fourth-order valence-electron chi connectivity index (χ4n) is 3.10. The van der Waals surface area contributed by atoms with Crippen molar-refractivity contribution >= 4 is 5.91 Å². The van der Waals surface area contributed by atoms with Gasteiger partial charge >= 0.3 is 0 Å². The number of rotatable bonds is 5. The molecule has 1 N–H and O–H groups in total. The first kappa shape index (κ1) is 14.8. The molecule has 4 heteroatoms. The third kappa shape index (κ3) is 4.18. The van der Waals surface area contributed by atoms with Gasteiger partial charge in [-0.05, 0) is 45.6 Å². The smallest absolute Gasteiger partial charge is 0.251 e. The molecule has 0 bridgehead atoms. The van der Waals surface area contributed by atoms with Crippen LogP contribution in [0.5, 0.6) is 0 Å². The molecule has 0 radical (unpaired) electrons. The van der Waals surface area contributed by atoms with Crippen LogP contribution in [0.15, 0.2) is 0 Å². The largest absolute Gasteiger partial charge is 0.365 e. The van der Waals surface area contributed by atoms with Crippen molar-refractivity contribution in [2.75, 3.05) is 19.6 Å². The van der Waals surface area contributed by atoms with Gasteiger partial charge in [-0.15, -0.1) is 0 Å². The molecule has 110 valence electrons. The molecular weight excluding hydrogens is 240 g/mol. The summed E-state index contributed by atoms with van der Waals surface area (Å²) in [5.74, 6) is 0.207. The summed E-state index contributed by atoms with van der Waals surface area (Å²) in [7, 11) is 0. The standard InChI is InChI=1S/C15H28N2O2/c1-3-10-17(11-13-6-4-5-9-16-13)15(18)14-8-7-12(2)19-14/h12-14,16H,3-11H2,1-2H3. The maximum Gasteiger partial charge on any atom is 0.251 e. The van der Waals surface area contributed by atoms with E-state index in [9.17, 15) is 4.79 Å². The third-order valence-electron chi connectivity index (χ3n) is 4.17. The zero-order valence-corrected chi connectivity index (χ0v) is 12.4. The van der Waals surface area contributed by atoms with E-state index in [1.54, 1.807) is 0 Å². The molecule has 0 aromatic rings. The van der Waals surface area contributed by atoms with Crippen LogP contribution in [0.4, 0.5) is 0 Å². The van der Waals surface area contributed by atoms with E-state index < -0.39 is 0 Å². The minimum Gasteiger partial charge on any atom is -0.365 e. The van der Waals surface area contributed by atoms with Gasteiger partial charge in [0.05, 0.1) is 6.10 Å². The van der Waals surface area contributed by atoms with Gasteiger partial charge in [-0.3, -0.25) is 4.79 Å². The molecule has 2 heterocycles. The molecule has 2 fully saturated rings. The number of nitrogens with one attached hydrogen (secondary N) is 1. The quantitative estimate of drug-likeness (QED) is 0.828. The van der Waals surface area contributed by atoms with Crippen LogP contribution in [0.3, 0.4) is 0 Å². The molecule has 1 amide bonds. The Hall–Kier alpha value is -0.610. The molecule has 4 nitrogen and oxygen atoms in total. The normalized spacial score (nSPS) is 31.4. The van der Waals surface area contributed by atoms with Crippen molar-refractivity contribution in [3.63, 3.8) is 0 Å². The third-order valence-corrected chi connectivity index (χ3v) is 4.17. The summed E-state index contributed by atoms with van der Waals surface area (Å²) in [5, 5.41) is 3.53. The highest BCUT2D eigenvalue weighted by atomic mass is 16.5. The van der Waals surface area contributed by atoms with Crippen LogP contribution in [-0.2, 0) is 9.53 Å². The molecule has 3 atom stereocenters. The van der Waals surface area contributed by atoms with E-state index in [4.69, 9.17) is 4.74 Å². The summed E-state index contributed by atoms with van der Waals surface area (Å²) in [6, 6.07) is 0.475. The number of nitrogens with zero attached hydrogens (tertiary/aromatic N) is 1. The van der Waals surface area contributed by atoms with E-state index >= 15 is 0 Å². The molecule has 0 aliphatic carbocycles. The summed E-state index contributed by atoms with van der Waals surface area (Å²) in [5.41, 5.74) is 0. The molecule has 0 aromatic heterocycles. The van der Waals surface area contributed by atoms with Crippen LogP contribution in [0.1, 0.15) is 52.4 Å². The molecule has 2 saturated heterocycles. The van der Waals surface area contributed by atoms with Crippen molar-refractivity contribution < 1.29 is 9.53 Å². The number of hydrogen-bond acceptors (Lipinski definition) is 3. The van der Waals surface area contributed by atoms with Crippen molar-refractivity contribution in [2.45, 2.75) is 70.6 Å². The predicted molar refractivity (Wildman–Crippen MR) is 76.1 cm³/mol. The van der Waals surface area contributed by atoms with Crippen LogP contribution in [0.25, 0.3) is 0 Å². The molecule has 19 heavy (non-hydrogen) atoms. The summed E-state index contributed by atoms with van der Waals surface area (Å²) in [6.07, 6.45) is 6.70. The van der Waals surface area contributed by atoms with Crippen LogP contribution < -0.4 is 5.32 Å². The average molecular weight is 268 g/mol. The lowest BCUT2D eigenvalue weighted by atomic mass is 10.0. The molecule has 0 aromatic carbocycles. The fourth-order valence-corrected chi connectivity index (χ4v) is 3.10. The molecule has 2 aliphatic rings. The van der Waals surface area contributed by atoms with Crippen molar-refractivity contribution in [3.8, 4) is 0 Å². The SMILES string of the molecule is CCCN(CC1CCCCN1)C(=O)C1CCC(C)O1. The number of hydrogen-bond donors (Lipinski definition) is 1. The van der Waals surface area contributed by atoms with E-state index in [1.807, 2.05) is 4.90 Å². The van der Waals surface area contributed by atoms with Gasteiger partial charge in [0, 0.05) is 19.1 Å². The lowest BCUT2D eigenvalue weighted by Crippen LogP contribution is -2.48. The molecule has 0 spiro atoms. The van der Waals surface area contributed by atoms with E-state index in [0.717, 1.165) is 38.9 Å². The first-order valence-corrected chi connectivity index (χ1v) is 7.88. The average Bonchev–Trinajstić information content (AvgIpc) is 2.85. The number of piperidine rings is 1. The van der Waals surface area contributed by atoms with Crippen LogP contribution in [0.2, 0.25) is 0 Å². The van der Waals surface area contributed by atoms with E-state index in [-0.39, 0.29) is 18.1 Å². The molecule has 2 aliphatic heterocycles. The lowest BCUT2D eigenvalue weighted by Gasteiger charge is -2.32. The monoisotopic (exact) mass is 268 g/mol. The summed E-state index contributed by atoms with van der Waals surface area (Å²) < 4.78 is 5.73. The zero-order chi connectivity index (χ0) is 13.7. The molecule has 0 saturated carbocycles. The summed E-state index contributed by atoms with van der Waals surface area (Å²) in [6.45, 7) is 6.98. The van der Waals surface area contributed by atoms with Gasteiger partial charge in [0.2, 0.25) is 0 Å². The highest BCUT2D eigenvalue weighted by Gasteiger charge is 2.32. The van der Waals surface area contributed by atoms with Gasteiger partial charge in [-0.25, -0.2) is 0 Å². The Bertz CT molecular complexity index is 290. The van der Waals surface area contributed by atoms with Crippen LogP contribution in [0, 0.1) is 0 Å². The first-order chi connectivity index (χ1) is 9.20.